The molecule has 0 fully saturated rings. The summed E-state index contributed by atoms with van der Waals surface area (Å²) in [6.07, 6.45) is -1.08. The lowest BCUT2D eigenvalue weighted by molar-refractivity contribution is -0.150. The third kappa shape index (κ3) is 5.05. The maximum absolute atomic E-state index is 13.4. The smallest absolute Gasteiger partial charge is 0.317 e. The van der Waals surface area contributed by atoms with Crippen LogP contribution < -0.4 is 5.32 Å². The largest absolute Gasteiger partial charge is 0.452 e. The molecule has 1 aromatic heterocycles. The number of anilines is 1. The number of ether oxygens (including phenoxy) is 1. The van der Waals surface area contributed by atoms with Crippen LogP contribution in [0, 0.1) is 18.6 Å². The van der Waals surface area contributed by atoms with Crippen LogP contribution in [0.5, 0.6) is 0 Å². The molecule has 1 aromatic carbocycles. The van der Waals surface area contributed by atoms with E-state index in [1.54, 1.807) is 6.92 Å². The first-order chi connectivity index (χ1) is 11.3. The summed E-state index contributed by atoms with van der Waals surface area (Å²) in [7, 11) is 0. The van der Waals surface area contributed by atoms with Crippen LogP contribution in [0.1, 0.15) is 12.7 Å². The number of carbonyl (C=O) groups is 2. The summed E-state index contributed by atoms with van der Waals surface area (Å²) in [5, 5.41) is 6.00. The van der Waals surface area contributed by atoms with Crippen LogP contribution in [0.25, 0.3) is 0 Å². The van der Waals surface area contributed by atoms with Crippen molar-refractivity contribution in [2.24, 2.45) is 0 Å². The lowest BCUT2D eigenvalue weighted by Crippen LogP contribution is -2.30. The van der Waals surface area contributed by atoms with Gasteiger partial charge in [0.15, 0.2) is 11.9 Å². The highest BCUT2D eigenvalue weighted by atomic mass is 32.2. The maximum atomic E-state index is 13.4. The van der Waals surface area contributed by atoms with Crippen molar-refractivity contribution in [3.05, 3.63) is 41.7 Å². The van der Waals surface area contributed by atoms with Crippen LogP contribution in [0.15, 0.2) is 33.7 Å². The predicted octanol–water partition coefficient (Wildman–Crippen LogP) is 2.92. The lowest BCUT2D eigenvalue weighted by Gasteiger charge is -2.12. The minimum atomic E-state index is -1.08. The zero-order valence-electron chi connectivity index (χ0n) is 12.8. The molecule has 0 aliphatic heterocycles. The number of aryl methyl sites for hydroxylation is 1. The molecule has 24 heavy (non-hydrogen) atoms. The molecule has 6 nitrogen and oxygen atoms in total. The summed E-state index contributed by atoms with van der Waals surface area (Å²) >= 11 is 0.782. The Morgan fingerprint density at radius 2 is 2.12 bits per heavy atom. The minimum Gasteiger partial charge on any atom is -0.452 e. The molecule has 9 heteroatoms. The topological polar surface area (TPSA) is 81.4 Å². The predicted molar refractivity (Wildman–Crippen MR) is 82.5 cm³/mol. The highest BCUT2D eigenvalue weighted by Crippen LogP contribution is 2.22. The molecule has 2 aromatic rings. The third-order valence-corrected chi connectivity index (χ3v) is 3.80. The highest BCUT2D eigenvalue weighted by Gasteiger charge is 2.19. The van der Waals surface area contributed by atoms with Gasteiger partial charge in [-0.2, -0.15) is 0 Å². The van der Waals surface area contributed by atoms with Gasteiger partial charge in [0.25, 0.3) is 5.91 Å². The number of nitrogens with one attached hydrogen (secondary N) is 1. The molecule has 0 spiro atoms. The van der Waals surface area contributed by atoms with E-state index >= 15 is 0 Å². The summed E-state index contributed by atoms with van der Waals surface area (Å²) in [6, 6.07) is 4.44. The molecule has 2 rings (SSSR count). The zero-order valence-corrected chi connectivity index (χ0v) is 13.7. The molecule has 0 aliphatic carbocycles. The van der Waals surface area contributed by atoms with E-state index in [2.05, 4.69) is 10.5 Å². The van der Waals surface area contributed by atoms with Gasteiger partial charge in [0, 0.05) is 11.0 Å². The fourth-order valence-corrected chi connectivity index (χ4v) is 2.41. The number of carbonyl (C=O) groups excluding carboxylic acids is 2. The Labute approximate surface area is 140 Å². The molecule has 0 unspecified atom stereocenters. The normalized spacial score (nSPS) is 11.8. The monoisotopic (exact) mass is 356 g/mol. The molecule has 1 amide bonds. The Balaban J connectivity index is 1.82. The van der Waals surface area contributed by atoms with Crippen molar-refractivity contribution in [2.75, 3.05) is 11.1 Å². The minimum absolute atomic E-state index is 0.0119. The number of nitrogens with zero attached hydrogens (tertiary/aromatic N) is 1. The standard InChI is InChI=1S/C15H14F2N2O4S/c1-8-5-13(19-23-8)18-15(21)9(2)22-14(20)7-24-12-6-10(16)3-4-11(12)17/h3-6,9H,7H2,1-2H3,(H,18,19,21)/t9-/m1/s1. The Morgan fingerprint density at radius 1 is 1.38 bits per heavy atom. The number of hydrogen-bond acceptors (Lipinski definition) is 6. The molecule has 0 saturated carbocycles. The van der Waals surface area contributed by atoms with Crippen molar-refractivity contribution in [1.82, 2.24) is 5.16 Å². The average Bonchev–Trinajstić information content (AvgIpc) is 2.93. The second-order valence-electron chi connectivity index (χ2n) is 4.81. The molecule has 0 saturated heterocycles. The quantitative estimate of drug-likeness (QED) is 0.633. The fourth-order valence-electron chi connectivity index (χ4n) is 1.66. The molecule has 1 N–H and O–H groups in total. The van der Waals surface area contributed by atoms with Gasteiger partial charge >= 0.3 is 5.97 Å². The van der Waals surface area contributed by atoms with E-state index < -0.39 is 29.6 Å². The first-order valence-electron chi connectivity index (χ1n) is 6.86. The first kappa shape index (κ1) is 17.9. The Morgan fingerprint density at radius 3 is 2.79 bits per heavy atom. The number of hydrogen-bond donors (Lipinski definition) is 1. The van der Waals surface area contributed by atoms with E-state index in [9.17, 15) is 18.4 Å². The van der Waals surface area contributed by atoms with Crippen molar-refractivity contribution >= 4 is 29.5 Å². The molecule has 1 atom stereocenters. The SMILES string of the molecule is Cc1cc(NC(=O)[C@@H](C)OC(=O)CSc2cc(F)ccc2F)no1. The number of benzene rings is 1. The second-order valence-corrected chi connectivity index (χ2v) is 5.82. The molecule has 128 valence electrons. The van der Waals surface area contributed by atoms with E-state index in [0.29, 0.717) is 5.76 Å². The summed E-state index contributed by atoms with van der Waals surface area (Å²) in [5.74, 6) is -2.10. The van der Waals surface area contributed by atoms with E-state index in [1.807, 2.05) is 0 Å². The number of halogens is 2. The second kappa shape index (κ2) is 7.91. The number of esters is 1. The summed E-state index contributed by atoms with van der Waals surface area (Å²) in [6.45, 7) is 3.04. The van der Waals surface area contributed by atoms with Gasteiger partial charge in [0.1, 0.15) is 17.4 Å². The van der Waals surface area contributed by atoms with E-state index in [0.717, 1.165) is 30.0 Å². The third-order valence-electron chi connectivity index (χ3n) is 2.80. The summed E-state index contributed by atoms with van der Waals surface area (Å²) in [5.41, 5.74) is 0. The van der Waals surface area contributed by atoms with Crippen LogP contribution in [0.4, 0.5) is 14.6 Å². The van der Waals surface area contributed by atoms with Crippen LogP contribution in [0.2, 0.25) is 0 Å². The summed E-state index contributed by atoms with van der Waals surface area (Å²) in [4.78, 5) is 23.5. The van der Waals surface area contributed by atoms with Crippen molar-refractivity contribution in [2.45, 2.75) is 24.8 Å². The van der Waals surface area contributed by atoms with Crippen LogP contribution >= 0.6 is 11.8 Å². The first-order valence-corrected chi connectivity index (χ1v) is 7.85. The van der Waals surface area contributed by atoms with Gasteiger partial charge in [0.2, 0.25) is 0 Å². The molecule has 0 bridgehead atoms. The highest BCUT2D eigenvalue weighted by molar-refractivity contribution is 8.00. The van der Waals surface area contributed by atoms with Gasteiger partial charge in [-0.1, -0.05) is 5.16 Å². The van der Waals surface area contributed by atoms with Crippen molar-refractivity contribution < 1.29 is 27.6 Å². The van der Waals surface area contributed by atoms with Gasteiger partial charge < -0.3 is 14.6 Å². The average molecular weight is 356 g/mol. The van der Waals surface area contributed by atoms with E-state index in [4.69, 9.17) is 9.26 Å². The van der Waals surface area contributed by atoms with Gasteiger partial charge in [-0.05, 0) is 32.0 Å². The van der Waals surface area contributed by atoms with Crippen molar-refractivity contribution in [3.63, 3.8) is 0 Å². The van der Waals surface area contributed by atoms with Crippen LogP contribution in [0.3, 0.4) is 0 Å². The molecule has 0 aliphatic rings. The molecule has 1 heterocycles. The van der Waals surface area contributed by atoms with Crippen molar-refractivity contribution in [1.29, 1.82) is 0 Å². The lowest BCUT2D eigenvalue weighted by atomic mass is 10.3. The summed E-state index contributed by atoms with van der Waals surface area (Å²) < 4.78 is 36.2. The Bertz CT molecular complexity index is 751. The zero-order chi connectivity index (χ0) is 17.7. The number of rotatable bonds is 6. The van der Waals surface area contributed by atoms with Gasteiger partial charge in [-0.15, -0.1) is 11.8 Å². The van der Waals surface area contributed by atoms with Crippen LogP contribution in [-0.2, 0) is 14.3 Å². The number of thioether (sulfide) groups is 1. The van der Waals surface area contributed by atoms with E-state index in [1.165, 1.54) is 13.0 Å². The van der Waals surface area contributed by atoms with Crippen LogP contribution in [-0.4, -0.2) is 28.9 Å². The maximum Gasteiger partial charge on any atom is 0.317 e. The Hall–Kier alpha value is -2.42. The van der Waals surface area contributed by atoms with Gasteiger partial charge in [-0.3, -0.25) is 9.59 Å². The number of amides is 1. The fraction of sp³-hybridized carbons (Fsp3) is 0.267. The molecular weight excluding hydrogens is 342 g/mol. The molecule has 0 radical (unpaired) electrons. The van der Waals surface area contributed by atoms with E-state index in [-0.39, 0.29) is 16.5 Å². The van der Waals surface area contributed by atoms with Gasteiger partial charge in [-0.25, -0.2) is 8.78 Å². The Kier molecular flexibility index (Phi) is 5.91. The molecular formula is C15H14F2N2O4S. The van der Waals surface area contributed by atoms with Crippen molar-refractivity contribution in [3.8, 4) is 0 Å². The van der Waals surface area contributed by atoms with Gasteiger partial charge in [0.05, 0.1) is 5.75 Å². The number of aromatic nitrogens is 1.